The van der Waals surface area contributed by atoms with Gasteiger partial charge in [-0.2, -0.15) is 0 Å². The Balaban J connectivity index is 1.92. The fourth-order valence-corrected chi connectivity index (χ4v) is 2.78. The summed E-state index contributed by atoms with van der Waals surface area (Å²) in [6, 6.07) is 5.43. The molecular weight excluding hydrogens is 342 g/mol. The van der Waals surface area contributed by atoms with E-state index in [1.165, 1.54) is 4.90 Å². The fraction of sp³-hybridized carbons (Fsp3) is 0.556. The Morgan fingerprint density at radius 1 is 1.20 bits per heavy atom. The van der Waals surface area contributed by atoms with Gasteiger partial charge in [-0.15, -0.1) is 0 Å². The molecule has 0 heterocycles. The quantitative estimate of drug-likeness (QED) is 0.854. The summed E-state index contributed by atoms with van der Waals surface area (Å²) in [6.45, 7) is 5.50. The van der Waals surface area contributed by atoms with E-state index < -0.39 is 11.7 Å². The predicted octanol–water partition coefficient (Wildman–Crippen LogP) is 3.51. The van der Waals surface area contributed by atoms with Gasteiger partial charge in [-0.05, 0) is 51.8 Å². The van der Waals surface area contributed by atoms with Crippen LogP contribution in [0.2, 0.25) is 5.02 Å². The molecule has 2 rings (SSSR count). The number of hydrogen-bond acceptors (Lipinski definition) is 4. The minimum Gasteiger partial charge on any atom is -0.444 e. The molecule has 6 nitrogen and oxygen atoms in total. The molecule has 2 amide bonds. The van der Waals surface area contributed by atoms with E-state index in [0.29, 0.717) is 16.3 Å². The van der Waals surface area contributed by atoms with E-state index in [9.17, 15) is 9.59 Å². The normalized spacial score (nSPS) is 19.6. The van der Waals surface area contributed by atoms with Crippen LogP contribution in [0.25, 0.3) is 0 Å². The number of amides is 2. The highest BCUT2D eigenvalue weighted by atomic mass is 35.5. The lowest BCUT2D eigenvalue weighted by atomic mass is 9.86. The third kappa shape index (κ3) is 5.53. The van der Waals surface area contributed by atoms with Gasteiger partial charge in [0.05, 0.1) is 5.56 Å². The smallest absolute Gasteiger partial charge is 0.407 e. The molecule has 0 aromatic heterocycles. The van der Waals surface area contributed by atoms with E-state index in [2.05, 4.69) is 10.6 Å². The largest absolute Gasteiger partial charge is 0.444 e. The van der Waals surface area contributed by atoms with Crippen LogP contribution in [0.5, 0.6) is 0 Å². The zero-order valence-electron chi connectivity index (χ0n) is 15.4. The molecule has 138 valence electrons. The van der Waals surface area contributed by atoms with Gasteiger partial charge in [-0.25, -0.2) is 4.79 Å². The Morgan fingerprint density at radius 2 is 1.84 bits per heavy atom. The van der Waals surface area contributed by atoms with Gasteiger partial charge in [0, 0.05) is 36.9 Å². The Labute approximate surface area is 153 Å². The van der Waals surface area contributed by atoms with Crippen molar-refractivity contribution in [2.24, 2.45) is 0 Å². The van der Waals surface area contributed by atoms with Gasteiger partial charge < -0.3 is 20.3 Å². The van der Waals surface area contributed by atoms with Gasteiger partial charge in [0.25, 0.3) is 5.91 Å². The molecule has 0 radical (unpaired) electrons. The maximum Gasteiger partial charge on any atom is 0.407 e. The minimum atomic E-state index is -0.506. The minimum absolute atomic E-state index is 0.0690. The van der Waals surface area contributed by atoms with Gasteiger partial charge in [-0.1, -0.05) is 11.6 Å². The number of rotatable bonds is 4. The molecule has 0 saturated heterocycles. The first kappa shape index (κ1) is 19.4. The second-order valence-electron chi connectivity index (χ2n) is 7.55. The number of carbonyl (C=O) groups excluding carboxylic acids is 2. The maximum absolute atomic E-state index is 12.3. The molecule has 1 aromatic carbocycles. The molecule has 1 aliphatic rings. The number of ether oxygens (including phenoxy) is 1. The molecule has 1 aliphatic carbocycles. The lowest BCUT2D eigenvalue weighted by Gasteiger charge is -2.37. The van der Waals surface area contributed by atoms with Crippen molar-refractivity contribution in [3.8, 4) is 0 Å². The summed E-state index contributed by atoms with van der Waals surface area (Å²) in [5.74, 6) is -0.0816. The van der Waals surface area contributed by atoms with E-state index in [4.69, 9.17) is 16.3 Å². The molecule has 1 aromatic rings. The second-order valence-corrected chi connectivity index (χ2v) is 7.98. The van der Waals surface area contributed by atoms with E-state index in [0.717, 1.165) is 12.8 Å². The molecular formula is C18H26ClN3O3. The monoisotopic (exact) mass is 367 g/mol. The summed E-state index contributed by atoms with van der Waals surface area (Å²) in [6.07, 6.45) is 1.13. The summed E-state index contributed by atoms with van der Waals surface area (Å²) >= 11 is 6.07. The summed E-state index contributed by atoms with van der Waals surface area (Å²) in [7, 11) is 3.43. The number of nitrogens with zero attached hydrogens (tertiary/aromatic N) is 1. The standard InChI is InChI=1S/C18H26ClN3O3/c1-18(2,3)25-17(24)21-13-9-12(10-13)20-15-8-11(19)6-7-14(15)16(23)22(4)5/h6-8,12-13,20H,9-10H2,1-5H3,(H,21,24). The lowest BCUT2D eigenvalue weighted by Crippen LogP contribution is -2.50. The number of carbonyl (C=O) groups is 2. The van der Waals surface area contributed by atoms with Crippen molar-refractivity contribution in [3.05, 3.63) is 28.8 Å². The Bertz CT molecular complexity index is 649. The van der Waals surface area contributed by atoms with Crippen LogP contribution >= 0.6 is 11.6 Å². The molecule has 2 N–H and O–H groups in total. The van der Waals surface area contributed by atoms with E-state index in [1.54, 1.807) is 32.3 Å². The highest BCUT2D eigenvalue weighted by Gasteiger charge is 2.32. The Kier molecular flexibility index (Phi) is 5.83. The van der Waals surface area contributed by atoms with Gasteiger partial charge in [0.1, 0.15) is 5.60 Å². The van der Waals surface area contributed by atoms with Gasteiger partial charge in [-0.3, -0.25) is 4.79 Å². The average molecular weight is 368 g/mol. The zero-order chi connectivity index (χ0) is 18.8. The van der Waals surface area contributed by atoms with E-state index in [1.807, 2.05) is 20.8 Å². The van der Waals surface area contributed by atoms with Crippen molar-refractivity contribution in [1.82, 2.24) is 10.2 Å². The van der Waals surface area contributed by atoms with Crippen molar-refractivity contribution in [2.75, 3.05) is 19.4 Å². The van der Waals surface area contributed by atoms with Crippen LogP contribution in [0.4, 0.5) is 10.5 Å². The lowest BCUT2D eigenvalue weighted by molar-refractivity contribution is 0.0475. The molecule has 7 heteroatoms. The van der Waals surface area contributed by atoms with Crippen LogP contribution in [0.1, 0.15) is 44.0 Å². The first-order valence-corrected chi connectivity index (χ1v) is 8.70. The average Bonchev–Trinajstić information content (AvgIpc) is 2.42. The molecule has 0 spiro atoms. The highest BCUT2D eigenvalue weighted by molar-refractivity contribution is 6.31. The van der Waals surface area contributed by atoms with Crippen molar-refractivity contribution in [1.29, 1.82) is 0 Å². The topological polar surface area (TPSA) is 70.7 Å². The molecule has 1 fully saturated rings. The molecule has 0 bridgehead atoms. The third-order valence-corrected chi connectivity index (χ3v) is 4.07. The SMILES string of the molecule is CN(C)C(=O)c1ccc(Cl)cc1NC1CC(NC(=O)OC(C)(C)C)C1. The molecule has 0 atom stereocenters. The van der Waals surface area contributed by atoms with Crippen LogP contribution in [-0.2, 0) is 4.74 Å². The number of hydrogen-bond donors (Lipinski definition) is 2. The van der Waals surface area contributed by atoms with Crippen molar-refractivity contribution >= 4 is 29.3 Å². The van der Waals surface area contributed by atoms with Gasteiger partial charge in [0.2, 0.25) is 0 Å². The summed E-state index contributed by atoms with van der Waals surface area (Å²) < 4.78 is 5.25. The number of alkyl carbamates (subject to hydrolysis) is 1. The van der Waals surface area contributed by atoms with E-state index in [-0.39, 0.29) is 18.0 Å². The molecule has 25 heavy (non-hydrogen) atoms. The number of nitrogens with one attached hydrogen (secondary N) is 2. The zero-order valence-corrected chi connectivity index (χ0v) is 16.1. The fourth-order valence-electron chi connectivity index (χ4n) is 2.61. The summed E-state index contributed by atoms with van der Waals surface area (Å²) in [4.78, 5) is 25.6. The van der Waals surface area contributed by atoms with Gasteiger partial charge >= 0.3 is 6.09 Å². The Hall–Kier alpha value is -1.95. The van der Waals surface area contributed by atoms with Crippen molar-refractivity contribution < 1.29 is 14.3 Å². The van der Waals surface area contributed by atoms with E-state index >= 15 is 0 Å². The second kappa shape index (κ2) is 7.52. The molecule has 0 unspecified atom stereocenters. The first-order chi connectivity index (χ1) is 11.5. The van der Waals surface area contributed by atoms with Crippen LogP contribution < -0.4 is 10.6 Å². The highest BCUT2D eigenvalue weighted by Crippen LogP contribution is 2.29. The predicted molar refractivity (Wildman–Crippen MR) is 99.3 cm³/mol. The summed E-state index contributed by atoms with van der Waals surface area (Å²) in [5.41, 5.74) is 0.790. The first-order valence-electron chi connectivity index (χ1n) is 8.32. The van der Waals surface area contributed by atoms with Crippen LogP contribution in [-0.4, -0.2) is 48.7 Å². The Morgan fingerprint density at radius 3 is 2.40 bits per heavy atom. The molecule has 0 aliphatic heterocycles. The van der Waals surface area contributed by atoms with Crippen molar-refractivity contribution in [3.63, 3.8) is 0 Å². The van der Waals surface area contributed by atoms with Crippen LogP contribution in [0.15, 0.2) is 18.2 Å². The van der Waals surface area contributed by atoms with Crippen LogP contribution in [0.3, 0.4) is 0 Å². The number of anilines is 1. The summed E-state index contributed by atoms with van der Waals surface area (Å²) in [5, 5.41) is 6.77. The number of benzene rings is 1. The third-order valence-electron chi connectivity index (χ3n) is 3.84. The maximum atomic E-state index is 12.3. The van der Waals surface area contributed by atoms with Crippen molar-refractivity contribution in [2.45, 2.75) is 51.3 Å². The molecule has 1 saturated carbocycles. The van der Waals surface area contributed by atoms with Gasteiger partial charge in [0.15, 0.2) is 0 Å². The van der Waals surface area contributed by atoms with Crippen LogP contribution in [0, 0.1) is 0 Å². The number of halogens is 1.